The molecule has 0 fully saturated rings. The van der Waals surface area contributed by atoms with Crippen LogP contribution in [0.2, 0.25) is 0 Å². The van der Waals surface area contributed by atoms with Crippen LogP contribution in [0, 0.1) is 0 Å². The minimum Gasteiger partial charge on any atom is -0.454 e. The molecule has 32 heavy (non-hydrogen) atoms. The predicted molar refractivity (Wildman–Crippen MR) is 127 cm³/mol. The van der Waals surface area contributed by atoms with Crippen LogP contribution in [-0.2, 0) is 0 Å². The van der Waals surface area contributed by atoms with E-state index < -0.39 is 5.78 Å². The van der Waals surface area contributed by atoms with Gasteiger partial charge in [0.2, 0.25) is 5.78 Å². The van der Waals surface area contributed by atoms with Gasteiger partial charge in [-0.15, -0.1) is 0 Å². The first-order valence-electron chi connectivity index (χ1n) is 9.82. The van der Waals surface area contributed by atoms with Gasteiger partial charge >= 0.3 is 0 Å². The molecular weight excluding hydrogens is 404 g/mol. The Morgan fingerprint density at radius 3 is 1.28 bits per heavy atom. The largest absolute Gasteiger partial charge is 0.454 e. The highest BCUT2D eigenvalue weighted by molar-refractivity contribution is 6.15. The van der Waals surface area contributed by atoms with Gasteiger partial charge in [-0.25, -0.2) is 0 Å². The second-order valence-corrected chi connectivity index (χ2v) is 7.05. The first kappa shape index (κ1) is 20.6. The molecule has 0 bridgehead atoms. The van der Waals surface area contributed by atoms with Gasteiger partial charge < -0.3 is 32.4 Å². The number of hydrogen-bond donors (Lipinski definition) is 4. The molecule has 0 aliphatic carbocycles. The molecule has 4 aromatic carbocycles. The van der Waals surface area contributed by atoms with Gasteiger partial charge in [0.05, 0.1) is 33.9 Å². The van der Waals surface area contributed by atoms with Gasteiger partial charge in [-0.2, -0.15) is 0 Å². The topological polar surface area (TPSA) is 140 Å². The van der Waals surface area contributed by atoms with Crippen LogP contribution in [0.15, 0.2) is 84.9 Å². The zero-order valence-corrected chi connectivity index (χ0v) is 17.1. The number of benzene rings is 4. The number of carbonyl (C=O) groups is 1. The normalized spacial score (nSPS) is 10.5. The van der Waals surface area contributed by atoms with E-state index in [1.807, 2.05) is 36.4 Å². The number of nitrogens with two attached hydrogens (primary N) is 4. The van der Waals surface area contributed by atoms with Crippen LogP contribution >= 0.6 is 0 Å². The Balaban J connectivity index is 1.82. The standard InChI is InChI=1S/C25H22N4O3/c26-19-13-11-17(24(21(19)28)31-15-7-3-1-4-8-15)23(30)18-12-14-20(27)22(29)25(18)32-16-9-5-2-6-10-16/h1-14H,26-29H2. The van der Waals surface area contributed by atoms with Crippen LogP contribution in [-0.4, -0.2) is 5.78 Å². The summed E-state index contributed by atoms with van der Waals surface area (Å²) < 4.78 is 11.9. The zero-order valence-electron chi connectivity index (χ0n) is 17.1. The van der Waals surface area contributed by atoms with Crippen molar-refractivity contribution < 1.29 is 14.3 Å². The highest BCUT2D eigenvalue weighted by atomic mass is 16.5. The number of nitrogen functional groups attached to an aromatic ring is 4. The van der Waals surface area contributed by atoms with Gasteiger partial charge in [0.1, 0.15) is 11.5 Å². The number of rotatable bonds is 6. The molecule has 0 heterocycles. The van der Waals surface area contributed by atoms with Crippen molar-refractivity contribution in [2.24, 2.45) is 0 Å². The number of ether oxygens (including phenoxy) is 2. The third-order valence-electron chi connectivity index (χ3n) is 4.88. The zero-order chi connectivity index (χ0) is 22.7. The summed E-state index contributed by atoms with van der Waals surface area (Å²) in [4.78, 5) is 13.6. The SMILES string of the molecule is Nc1ccc(C(=O)c2ccc(N)c(N)c2Oc2ccccc2)c(Oc2ccccc2)c1N. The Morgan fingerprint density at radius 2 is 0.906 bits per heavy atom. The van der Waals surface area contributed by atoms with Crippen molar-refractivity contribution in [2.45, 2.75) is 0 Å². The number of carbonyl (C=O) groups excluding carboxylic acids is 1. The lowest BCUT2D eigenvalue weighted by Crippen LogP contribution is -2.10. The van der Waals surface area contributed by atoms with Crippen molar-refractivity contribution in [1.29, 1.82) is 0 Å². The van der Waals surface area contributed by atoms with Gasteiger partial charge in [-0.3, -0.25) is 4.79 Å². The average Bonchev–Trinajstić information content (AvgIpc) is 2.81. The predicted octanol–water partition coefficient (Wildman–Crippen LogP) is 4.83. The van der Waals surface area contributed by atoms with E-state index in [0.717, 1.165) is 0 Å². The molecular formula is C25H22N4O3. The third kappa shape index (κ3) is 3.99. The molecule has 8 N–H and O–H groups in total. The molecule has 0 saturated carbocycles. The Kier molecular flexibility index (Phi) is 5.55. The Hall–Kier alpha value is -4.65. The molecule has 0 radical (unpaired) electrons. The van der Waals surface area contributed by atoms with E-state index in [1.54, 1.807) is 48.5 Å². The molecule has 7 nitrogen and oxygen atoms in total. The molecule has 0 saturated heterocycles. The molecule has 160 valence electrons. The summed E-state index contributed by atoms with van der Waals surface area (Å²) in [5.74, 6) is 0.928. The maximum Gasteiger partial charge on any atom is 0.200 e. The molecule has 0 aromatic heterocycles. The fraction of sp³-hybridized carbons (Fsp3) is 0. The second-order valence-electron chi connectivity index (χ2n) is 7.05. The fourth-order valence-electron chi connectivity index (χ4n) is 3.16. The Labute approximate surface area is 185 Å². The lowest BCUT2D eigenvalue weighted by Gasteiger charge is -2.17. The highest BCUT2D eigenvalue weighted by Crippen LogP contribution is 2.40. The first-order chi connectivity index (χ1) is 15.5. The van der Waals surface area contributed by atoms with E-state index in [0.29, 0.717) is 22.9 Å². The molecule has 0 aliphatic rings. The van der Waals surface area contributed by atoms with Crippen LogP contribution in [0.5, 0.6) is 23.0 Å². The maximum atomic E-state index is 13.6. The Morgan fingerprint density at radius 1 is 0.531 bits per heavy atom. The lowest BCUT2D eigenvalue weighted by molar-refractivity contribution is 0.103. The summed E-state index contributed by atoms with van der Waals surface area (Å²) in [6.45, 7) is 0. The van der Waals surface area contributed by atoms with E-state index >= 15 is 0 Å². The van der Waals surface area contributed by atoms with E-state index in [4.69, 9.17) is 32.4 Å². The summed E-state index contributed by atoms with van der Waals surface area (Å²) in [6.07, 6.45) is 0. The van der Waals surface area contributed by atoms with Crippen molar-refractivity contribution >= 4 is 28.5 Å². The second kappa shape index (κ2) is 8.61. The van der Waals surface area contributed by atoms with E-state index in [2.05, 4.69) is 0 Å². The van der Waals surface area contributed by atoms with E-state index in [9.17, 15) is 4.79 Å². The van der Waals surface area contributed by atoms with Crippen LogP contribution in [0.1, 0.15) is 15.9 Å². The van der Waals surface area contributed by atoms with Crippen LogP contribution < -0.4 is 32.4 Å². The summed E-state index contributed by atoms with van der Waals surface area (Å²) >= 11 is 0. The molecule has 0 amide bonds. The summed E-state index contributed by atoms with van der Waals surface area (Å²) in [5.41, 5.74) is 25.7. The number of para-hydroxylation sites is 2. The van der Waals surface area contributed by atoms with Crippen molar-refractivity contribution in [3.63, 3.8) is 0 Å². The van der Waals surface area contributed by atoms with Crippen LogP contribution in [0.3, 0.4) is 0 Å². The van der Waals surface area contributed by atoms with Gasteiger partial charge in [0.15, 0.2) is 11.5 Å². The quantitative estimate of drug-likeness (QED) is 0.256. The number of ketones is 1. The molecule has 4 rings (SSSR count). The van der Waals surface area contributed by atoms with Crippen LogP contribution in [0.4, 0.5) is 22.7 Å². The monoisotopic (exact) mass is 426 g/mol. The first-order valence-corrected chi connectivity index (χ1v) is 9.82. The number of hydrogen-bond acceptors (Lipinski definition) is 7. The van der Waals surface area contributed by atoms with Gasteiger partial charge in [0, 0.05) is 0 Å². The Bertz CT molecular complexity index is 1180. The maximum absolute atomic E-state index is 13.6. The van der Waals surface area contributed by atoms with Crippen molar-refractivity contribution in [3.05, 3.63) is 96.1 Å². The average molecular weight is 426 g/mol. The smallest absolute Gasteiger partial charge is 0.200 e. The number of anilines is 4. The molecule has 0 aliphatic heterocycles. The summed E-state index contributed by atoms with van der Waals surface area (Å²) in [6, 6.07) is 24.2. The highest BCUT2D eigenvalue weighted by Gasteiger charge is 2.24. The van der Waals surface area contributed by atoms with Crippen molar-refractivity contribution in [3.8, 4) is 23.0 Å². The minimum atomic E-state index is -0.403. The van der Waals surface area contributed by atoms with E-state index in [-0.39, 0.29) is 34.0 Å². The van der Waals surface area contributed by atoms with Gasteiger partial charge in [-0.05, 0) is 48.5 Å². The summed E-state index contributed by atoms with van der Waals surface area (Å²) in [5, 5.41) is 0. The molecule has 4 aromatic rings. The van der Waals surface area contributed by atoms with Crippen molar-refractivity contribution in [1.82, 2.24) is 0 Å². The van der Waals surface area contributed by atoms with Crippen LogP contribution in [0.25, 0.3) is 0 Å². The van der Waals surface area contributed by atoms with Gasteiger partial charge in [-0.1, -0.05) is 36.4 Å². The van der Waals surface area contributed by atoms with E-state index in [1.165, 1.54) is 0 Å². The molecule has 7 heteroatoms. The minimum absolute atomic E-state index is 0.155. The van der Waals surface area contributed by atoms with Crippen molar-refractivity contribution in [2.75, 3.05) is 22.9 Å². The summed E-state index contributed by atoms with van der Waals surface area (Å²) in [7, 11) is 0. The lowest BCUT2D eigenvalue weighted by atomic mass is 9.99. The fourth-order valence-corrected chi connectivity index (χ4v) is 3.16. The molecule has 0 unspecified atom stereocenters. The van der Waals surface area contributed by atoms with Gasteiger partial charge in [0.25, 0.3) is 0 Å². The third-order valence-corrected chi connectivity index (χ3v) is 4.88. The molecule has 0 spiro atoms. The molecule has 0 atom stereocenters.